The summed E-state index contributed by atoms with van der Waals surface area (Å²) in [6, 6.07) is 8.93. The van der Waals surface area contributed by atoms with E-state index >= 15 is 0 Å². The second-order valence-electron chi connectivity index (χ2n) is 5.55. The molecule has 0 bridgehead atoms. The zero-order chi connectivity index (χ0) is 18.5. The maximum absolute atomic E-state index is 12.5. The van der Waals surface area contributed by atoms with Crippen molar-refractivity contribution in [3.05, 3.63) is 58.9 Å². The monoisotopic (exact) mass is 369 g/mol. The van der Waals surface area contributed by atoms with Gasteiger partial charge in [-0.1, -0.05) is 0 Å². The molecule has 3 aromatic rings. The first-order chi connectivity index (χ1) is 12.6. The first-order valence-corrected chi connectivity index (χ1v) is 8.80. The third-order valence-corrected chi connectivity index (χ3v) is 5.03. The molecule has 0 saturated carbocycles. The average Bonchev–Trinajstić information content (AvgIpc) is 3.07. The number of amides is 1. The van der Waals surface area contributed by atoms with Crippen LogP contribution in [0, 0.1) is 6.92 Å². The van der Waals surface area contributed by atoms with E-state index in [1.165, 1.54) is 0 Å². The molecule has 1 N–H and O–H groups in total. The lowest BCUT2D eigenvalue weighted by Gasteiger charge is -2.09. The second-order valence-corrected chi connectivity index (χ2v) is 6.64. The van der Waals surface area contributed by atoms with Crippen molar-refractivity contribution in [1.29, 1.82) is 0 Å². The molecule has 0 aliphatic rings. The molecule has 0 saturated heterocycles. The highest BCUT2D eigenvalue weighted by Gasteiger charge is 2.13. The van der Waals surface area contributed by atoms with Gasteiger partial charge >= 0.3 is 0 Å². The quantitative estimate of drug-likeness (QED) is 0.720. The first kappa shape index (κ1) is 17.9. The number of aryl methyl sites for hydroxylation is 1. The van der Waals surface area contributed by atoms with E-state index in [4.69, 9.17) is 9.47 Å². The molecule has 6 nitrogen and oxygen atoms in total. The van der Waals surface area contributed by atoms with E-state index in [0.717, 1.165) is 21.1 Å². The second kappa shape index (κ2) is 7.97. The van der Waals surface area contributed by atoms with Gasteiger partial charge in [0.1, 0.15) is 16.5 Å². The van der Waals surface area contributed by atoms with Crippen LogP contribution in [0.3, 0.4) is 0 Å². The third kappa shape index (κ3) is 4.00. The summed E-state index contributed by atoms with van der Waals surface area (Å²) in [6.45, 7) is 2.34. The van der Waals surface area contributed by atoms with Crippen molar-refractivity contribution < 1.29 is 14.3 Å². The number of methoxy groups -OCH3 is 2. The van der Waals surface area contributed by atoms with Gasteiger partial charge in [0, 0.05) is 34.5 Å². The Hall–Kier alpha value is -2.93. The van der Waals surface area contributed by atoms with Crippen LogP contribution < -0.4 is 14.8 Å². The Labute approximate surface area is 155 Å². The van der Waals surface area contributed by atoms with Crippen molar-refractivity contribution in [2.75, 3.05) is 14.2 Å². The Bertz CT molecular complexity index is 887. The van der Waals surface area contributed by atoms with Crippen LogP contribution in [-0.2, 0) is 6.54 Å². The Morgan fingerprint density at radius 1 is 1.19 bits per heavy atom. The van der Waals surface area contributed by atoms with Gasteiger partial charge in [-0.2, -0.15) is 0 Å². The molecule has 0 aliphatic heterocycles. The number of hydrogen-bond acceptors (Lipinski definition) is 6. The lowest BCUT2D eigenvalue weighted by atomic mass is 10.2. The van der Waals surface area contributed by atoms with Crippen molar-refractivity contribution in [1.82, 2.24) is 15.3 Å². The summed E-state index contributed by atoms with van der Waals surface area (Å²) in [7, 11) is 3.11. The van der Waals surface area contributed by atoms with Crippen molar-refractivity contribution in [3.63, 3.8) is 0 Å². The summed E-state index contributed by atoms with van der Waals surface area (Å²) >= 11 is 1.55. The van der Waals surface area contributed by atoms with E-state index in [0.29, 0.717) is 23.6 Å². The van der Waals surface area contributed by atoms with Crippen molar-refractivity contribution >= 4 is 17.2 Å². The van der Waals surface area contributed by atoms with Crippen LogP contribution in [0.5, 0.6) is 11.5 Å². The van der Waals surface area contributed by atoms with Crippen LogP contribution in [0.1, 0.15) is 20.9 Å². The lowest BCUT2D eigenvalue weighted by molar-refractivity contribution is 0.0950. The number of thiazole rings is 1. The number of nitrogens with one attached hydrogen (secondary N) is 1. The summed E-state index contributed by atoms with van der Waals surface area (Å²) < 4.78 is 10.4. The van der Waals surface area contributed by atoms with Gasteiger partial charge in [0.15, 0.2) is 0 Å². The summed E-state index contributed by atoms with van der Waals surface area (Å²) in [5, 5.41) is 3.82. The normalized spacial score (nSPS) is 10.4. The van der Waals surface area contributed by atoms with Crippen LogP contribution >= 0.6 is 11.3 Å². The number of nitrogens with zero attached hydrogens (tertiary/aromatic N) is 2. The van der Waals surface area contributed by atoms with E-state index in [2.05, 4.69) is 15.3 Å². The molecular formula is C19H19N3O3S. The van der Waals surface area contributed by atoms with Gasteiger partial charge < -0.3 is 14.8 Å². The van der Waals surface area contributed by atoms with Crippen LogP contribution in [0.4, 0.5) is 0 Å². The number of ether oxygens (including phenoxy) is 2. The molecule has 0 atom stereocenters. The van der Waals surface area contributed by atoms with Crippen molar-refractivity contribution in [3.8, 4) is 22.1 Å². The molecule has 0 fully saturated rings. The molecule has 0 aliphatic carbocycles. The van der Waals surface area contributed by atoms with E-state index in [1.54, 1.807) is 56.1 Å². The number of carbonyl (C=O) groups is 1. The average molecular weight is 369 g/mol. The van der Waals surface area contributed by atoms with Gasteiger partial charge in [0.05, 0.1) is 26.5 Å². The highest BCUT2D eigenvalue weighted by Crippen LogP contribution is 2.27. The molecule has 0 spiro atoms. The van der Waals surface area contributed by atoms with E-state index in [9.17, 15) is 4.79 Å². The van der Waals surface area contributed by atoms with Gasteiger partial charge in [-0.25, -0.2) is 4.98 Å². The van der Waals surface area contributed by atoms with Crippen LogP contribution in [0.25, 0.3) is 10.6 Å². The Kier molecular flexibility index (Phi) is 5.48. The van der Waals surface area contributed by atoms with E-state index in [-0.39, 0.29) is 5.91 Å². The highest BCUT2D eigenvalue weighted by atomic mass is 32.1. The fourth-order valence-electron chi connectivity index (χ4n) is 2.41. The number of pyridine rings is 1. The largest absolute Gasteiger partial charge is 0.497 e. The Balaban J connectivity index is 1.73. The minimum Gasteiger partial charge on any atom is -0.497 e. The predicted molar refractivity (Wildman–Crippen MR) is 101 cm³/mol. The zero-order valence-corrected chi connectivity index (χ0v) is 15.6. The van der Waals surface area contributed by atoms with Gasteiger partial charge in [0.25, 0.3) is 5.91 Å². The van der Waals surface area contributed by atoms with Crippen LogP contribution in [0.15, 0.2) is 42.7 Å². The summed E-state index contributed by atoms with van der Waals surface area (Å²) in [6.07, 6.45) is 3.51. The van der Waals surface area contributed by atoms with Crippen molar-refractivity contribution in [2.24, 2.45) is 0 Å². The molecular weight excluding hydrogens is 350 g/mol. The molecule has 1 amide bonds. The van der Waals surface area contributed by atoms with Gasteiger partial charge in [0.2, 0.25) is 0 Å². The number of hydrogen-bond donors (Lipinski definition) is 1. The standard InChI is InChI=1S/C19H19N3O3S/c1-12-17(26-19(22-12)13-5-4-6-20-10-13)11-21-18(23)14-7-15(24-2)9-16(8-14)25-3/h4-10H,11H2,1-3H3,(H,21,23). The zero-order valence-electron chi connectivity index (χ0n) is 14.8. The van der Waals surface area contributed by atoms with E-state index < -0.39 is 0 Å². The predicted octanol–water partition coefficient (Wildman–Crippen LogP) is 3.46. The number of benzene rings is 1. The van der Waals surface area contributed by atoms with Crippen LogP contribution in [0.2, 0.25) is 0 Å². The highest BCUT2D eigenvalue weighted by molar-refractivity contribution is 7.15. The number of carbonyl (C=O) groups excluding carboxylic acids is 1. The molecule has 1 aromatic carbocycles. The molecule has 7 heteroatoms. The lowest BCUT2D eigenvalue weighted by Crippen LogP contribution is -2.22. The van der Waals surface area contributed by atoms with Gasteiger partial charge in [-0.05, 0) is 31.2 Å². The Morgan fingerprint density at radius 3 is 2.54 bits per heavy atom. The molecule has 134 valence electrons. The fraction of sp³-hybridized carbons (Fsp3) is 0.211. The van der Waals surface area contributed by atoms with E-state index in [1.807, 2.05) is 19.1 Å². The summed E-state index contributed by atoms with van der Waals surface area (Å²) in [4.78, 5) is 22.2. The third-order valence-electron chi connectivity index (χ3n) is 3.82. The molecule has 3 rings (SSSR count). The fourth-order valence-corrected chi connectivity index (χ4v) is 3.40. The molecule has 26 heavy (non-hydrogen) atoms. The Morgan fingerprint density at radius 2 is 1.92 bits per heavy atom. The molecule has 2 heterocycles. The number of rotatable bonds is 6. The summed E-state index contributed by atoms with van der Waals surface area (Å²) in [5.41, 5.74) is 2.35. The minimum absolute atomic E-state index is 0.196. The smallest absolute Gasteiger partial charge is 0.251 e. The minimum atomic E-state index is -0.196. The topological polar surface area (TPSA) is 73.3 Å². The molecule has 0 radical (unpaired) electrons. The van der Waals surface area contributed by atoms with Crippen LogP contribution in [-0.4, -0.2) is 30.1 Å². The number of aromatic nitrogens is 2. The molecule has 0 unspecified atom stereocenters. The summed E-state index contributed by atoms with van der Waals surface area (Å²) in [5.74, 6) is 0.947. The van der Waals surface area contributed by atoms with Gasteiger partial charge in [-0.15, -0.1) is 11.3 Å². The van der Waals surface area contributed by atoms with Crippen molar-refractivity contribution in [2.45, 2.75) is 13.5 Å². The van der Waals surface area contributed by atoms with Gasteiger partial charge in [-0.3, -0.25) is 9.78 Å². The first-order valence-electron chi connectivity index (χ1n) is 7.98. The maximum atomic E-state index is 12.5. The maximum Gasteiger partial charge on any atom is 0.251 e. The SMILES string of the molecule is COc1cc(OC)cc(C(=O)NCc2sc(-c3cccnc3)nc2C)c1. The molecule has 2 aromatic heterocycles.